The minimum atomic E-state index is -3.43. The zero-order valence-electron chi connectivity index (χ0n) is 14.4. The molecule has 0 saturated carbocycles. The Morgan fingerprint density at radius 2 is 1.88 bits per heavy atom. The van der Waals surface area contributed by atoms with Crippen LogP contribution in [0.5, 0.6) is 0 Å². The molecule has 0 bridgehead atoms. The molecule has 0 atom stereocenters. The average Bonchev–Trinajstić information content (AvgIpc) is 3.35. The molecule has 1 saturated heterocycles. The number of thiophene rings is 1. The van der Waals surface area contributed by atoms with E-state index in [0.717, 1.165) is 24.3 Å². The topological polar surface area (TPSA) is 66.5 Å². The molecule has 3 rings (SSSR count). The van der Waals surface area contributed by atoms with Gasteiger partial charge in [-0.2, -0.15) is 27.4 Å². The third-order valence-corrected chi connectivity index (χ3v) is 7.88. The summed E-state index contributed by atoms with van der Waals surface area (Å²) < 4.78 is 26.5. The Morgan fingerprint density at radius 1 is 1.15 bits per heavy atom. The number of thioether (sulfide) groups is 1. The first-order valence-corrected chi connectivity index (χ1v) is 12.1. The summed E-state index contributed by atoms with van der Waals surface area (Å²) in [7, 11) is -3.43. The van der Waals surface area contributed by atoms with Gasteiger partial charge in [0.25, 0.3) is 5.91 Å². The van der Waals surface area contributed by atoms with Gasteiger partial charge in [0, 0.05) is 36.7 Å². The normalized spacial score (nSPS) is 15.2. The van der Waals surface area contributed by atoms with E-state index in [4.69, 9.17) is 0 Å². The van der Waals surface area contributed by atoms with Crippen LogP contribution in [-0.4, -0.2) is 44.0 Å². The number of sulfonamides is 1. The molecule has 26 heavy (non-hydrogen) atoms. The average molecular weight is 411 g/mol. The Bertz CT molecular complexity index is 812. The van der Waals surface area contributed by atoms with Crippen LogP contribution in [0.4, 0.5) is 0 Å². The van der Waals surface area contributed by atoms with E-state index in [1.54, 1.807) is 35.2 Å². The molecule has 1 aromatic carbocycles. The highest BCUT2D eigenvalue weighted by molar-refractivity contribution is 7.98. The summed E-state index contributed by atoms with van der Waals surface area (Å²) in [5.41, 5.74) is 1.79. The molecule has 8 heteroatoms. The molecule has 0 aliphatic carbocycles. The van der Waals surface area contributed by atoms with Crippen LogP contribution in [0, 0.1) is 0 Å². The third kappa shape index (κ3) is 4.88. The SMILES string of the molecule is O=C(NCCSCc1ccsc1)c1ccc(S(=O)(=O)N2CCCC2)cc1. The van der Waals surface area contributed by atoms with Gasteiger partial charge in [-0.25, -0.2) is 8.42 Å². The van der Waals surface area contributed by atoms with Gasteiger partial charge in [-0.1, -0.05) is 0 Å². The van der Waals surface area contributed by atoms with Gasteiger partial charge in [0.15, 0.2) is 0 Å². The second-order valence-corrected chi connectivity index (χ2v) is 9.90. The fourth-order valence-corrected chi connectivity index (χ4v) is 5.86. The van der Waals surface area contributed by atoms with Crippen molar-refractivity contribution in [1.29, 1.82) is 0 Å². The van der Waals surface area contributed by atoms with Crippen molar-refractivity contribution in [2.45, 2.75) is 23.5 Å². The summed E-state index contributed by atoms with van der Waals surface area (Å²) >= 11 is 3.46. The number of benzene rings is 1. The number of amides is 1. The quantitative estimate of drug-likeness (QED) is 0.679. The van der Waals surface area contributed by atoms with Gasteiger partial charge in [0.1, 0.15) is 0 Å². The Morgan fingerprint density at radius 3 is 2.54 bits per heavy atom. The molecule has 0 radical (unpaired) electrons. The van der Waals surface area contributed by atoms with Crippen molar-refractivity contribution in [2.24, 2.45) is 0 Å². The number of nitrogens with zero attached hydrogens (tertiary/aromatic N) is 1. The summed E-state index contributed by atoms with van der Waals surface area (Å²) in [4.78, 5) is 12.4. The van der Waals surface area contributed by atoms with E-state index in [2.05, 4.69) is 22.1 Å². The van der Waals surface area contributed by atoms with Crippen molar-refractivity contribution in [3.8, 4) is 0 Å². The maximum Gasteiger partial charge on any atom is 0.251 e. The van der Waals surface area contributed by atoms with E-state index < -0.39 is 10.0 Å². The highest BCUT2D eigenvalue weighted by Crippen LogP contribution is 2.21. The number of nitrogens with one attached hydrogen (secondary N) is 1. The van der Waals surface area contributed by atoms with E-state index in [1.165, 1.54) is 22.0 Å². The molecule has 0 unspecified atom stereocenters. The van der Waals surface area contributed by atoms with Crippen LogP contribution in [0.15, 0.2) is 46.0 Å². The molecule has 0 spiro atoms. The summed E-state index contributed by atoms with van der Waals surface area (Å²) in [6, 6.07) is 8.31. The fourth-order valence-electron chi connectivity index (χ4n) is 2.76. The van der Waals surface area contributed by atoms with Crippen molar-refractivity contribution >= 4 is 39.0 Å². The van der Waals surface area contributed by atoms with Crippen LogP contribution < -0.4 is 5.32 Å². The summed E-state index contributed by atoms with van der Waals surface area (Å²) in [6.45, 7) is 1.74. The summed E-state index contributed by atoms with van der Waals surface area (Å²) in [5.74, 6) is 1.61. The van der Waals surface area contributed by atoms with Gasteiger partial charge in [0.2, 0.25) is 10.0 Å². The van der Waals surface area contributed by atoms with Crippen LogP contribution in [0.25, 0.3) is 0 Å². The summed E-state index contributed by atoms with van der Waals surface area (Å²) in [6.07, 6.45) is 1.81. The molecule has 1 fully saturated rings. The molecule has 1 aliphatic rings. The van der Waals surface area contributed by atoms with Gasteiger partial charge >= 0.3 is 0 Å². The smallest absolute Gasteiger partial charge is 0.251 e. The lowest BCUT2D eigenvalue weighted by atomic mass is 10.2. The third-order valence-electron chi connectivity index (χ3n) is 4.20. The predicted octanol–water partition coefficient (Wildman–Crippen LogP) is 3.20. The molecule has 5 nitrogen and oxygen atoms in total. The molecular formula is C18H22N2O3S3. The van der Waals surface area contributed by atoms with E-state index in [1.807, 2.05) is 0 Å². The maximum absolute atomic E-state index is 12.5. The van der Waals surface area contributed by atoms with E-state index in [-0.39, 0.29) is 10.8 Å². The molecule has 2 heterocycles. The van der Waals surface area contributed by atoms with Gasteiger partial charge in [-0.15, -0.1) is 0 Å². The van der Waals surface area contributed by atoms with Gasteiger partial charge < -0.3 is 5.32 Å². The van der Waals surface area contributed by atoms with Crippen molar-refractivity contribution in [1.82, 2.24) is 9.62 Å². The lowest BCUT2D eigenvalue weighted by Crippen LogP contribution is -2.28. The minimum absolute atomic E-state index is 0.175. The second kappa shape index (κ2) is 9.03. The van der Waals surface area contributed by atoms with Crippen molar-refractivity contribution < 1.29 is 13.2 Å². The predicted molar refractivity (Wildman–Crippen MR) is 107 cm³/mol. The molecule has 1 amide bonds. The highest BCUT2D eigenvalue weighted by Gasteiger charge is 2.27. The van der Waals surface area contributed by atoms with Crippen LogP contribution >= 0.6 is 23.1 Å². The number of hydrogen-bond acceptors (Lipinski definition) is 5. The summed E-state index contributed by atoms with van der Waals surface area (Å²) in [5, 5.41) is 7.06. The first-order chi connectivity index (χ1) is 12.6. The first kappa shape index (κ1) is 19.4. The van der Waals surface area contributed by atoms with Crippen LogP contribution in [0.2, 0.25) is 0 Å². The molecule has 1 aromatic heterocycles. The zero-order chi connectivity index (χ0) is 18.4. The Labute approximate surface area is 162 Å². The van der Waals surface area contributed by atoms with Crippen molar-refractivity contribution in [2.75, 3.05) is 25.4 Å². The molecular weight excluding hydrogens is 388 g/mol. The lowest BCUT2D eigenvalue weighted by molar-refractivity contribution is 0.0956. The maximum atomic E-state index is 12.5. The van der Waals surface area contributed by atoms with Crippen LogP contribution in [-0.2, 0) is 15.8 Å². The van der Waals surface area contributed by atoms with E-state index >= 15 is 0 Å². The molecule has 2 aromatic rings. The second-order valence-electron chi connectivity index (χ2n) is 6.08. The number of hydrogen-bond donors (Lipinski definition) is 1. The Kier molecular flexibility index (Phi) is 6.74. The molecule has 140 valence electrons. The molecule has 1 aliphatic heterocycles. The Balaban J connectivity index is 1.47. The zero-order valence-corrected chi connectivity index (χ0v) is 16.8. The van der Waals surface area contributed by atoms with E-state index in [9.17, 15) is 13.2 Å². The monoisotopic (exact) mass is 410 g/mol. The fraction of sp³-hybridized carbons (Fsp3) is 0.389. The lowest BCUT2D eigenvalue weighted by Gasteiger charge is -2.15. The molecule has 1 N–H and O–H groups in total. The van der Waals surface area contributed by atoms with Gasteiger partial charge in [0.05, 0.1) is 4.90 Å². The number of carbonyl (C=O) groups is 1. The van der Waals surface area contributed by atoms with Crippen molar-refractivity contribution in [3.63, 3.8) is 0 Å². The van der Waals surface area contributed by atoms with Crippen molar-refractivity contribution in [3.05, 3.63) is 52.2 Å². The highest BCUT2D eigenvalue weighted by atomic mass is 32.2. The van der Waals surface area contributed by atoms with Gasteiger partial charge in [-0.05, 0) is 59.5 Å². The first-order valence-electron chi connectivity index (χ1n) is 8.54. The number of carbonyl (C=O) groups excluding carboxylic acids is 1. The van der Waals surface area contributed by atoms with Crippen LogP contribution in [0.3, 0.4) is 0 Å². The standard InChI is InChI=1S/C18H22N2O3S3/c21-18(19-8-12-25-14-15-7-11-24-13-15)16-3-5-17(6-4-16)26(22,23)20-9-1-2-10-20/h3-7,11,13H,1-2,8-10,12,14H2,(H,19,21). The minimum Gasteiger partial charge on any atom is -0.351 e. The number of rotatable bonds is 8. The van der Waals surface area contributed by atoms with E-state index in [0.29, 0.717) is 25.2 Å². The largest absolute Gasteiger partial charge is 0.351 e. The van der Waals surface area contributed by atoms with Gasteiger partial charge in [-0.3, -0.25) is 4.79 Å². The van der Waals surface area contributed by atoms with Crippen LogP contribution in [0.1, 0.15) is 28.8 Å². The Hall–Kier alpha value is -1.35.